The predicted octanol–water partition coefficient (Wildman–Crippen LogP) is 1.30. The minimum Gasteiger partial charge on any atom is -0.296 e. The van der Waals surface area contributed by atoms with Gasteiger partial charge in [-0.1, -0.05) is 11.6 Å². The fourth-order valence-corrected chi connectivity index (χ4v) is 2.25. The summed E-state index contributed by atoms with van der Waals surface area (Å²) in [4.78, 5) is 15.9. The molecule has 1 aliphatic rings. The molecule has 1 aromatic heterocycles. The van der Waals surface area contributed by atoms with E-state index in [1.165, 1.54) is 12.8 Å². The summed E-state index contributed by atoms with van der Waals surface area (Å²) in [5.74, 6) is 0.215. The Morgan fingerprint density at radius 2 is 2.33 bits per heavy atom. The van der Waals surface area contributed by atoms with E-state index in [1.54, 1.807) is 0 Å². The number of rotatable bonds is 2. The Kier molecular flexibility index (Phi) is 2.90. The molecule has 5 nitrogen and oxygen atoms in total. The molecule has 5 heteroatoms. The molecule has 0 bridgehead atoms. The van der Waals surface area contributed by atoms with Crippen molar-refractivity contribution < 1.29 is 4.52 Å². The van der Waals surface area contributed by atoms with E-state index in [9.17, 15) is 4.79 Å². The number of nitrogens with zero attached hydrogens (tertiary/aromatic N) is 2. The Balaban J connectivity index is 2.21. The quantitative estimate of drug-likeness (QED) is 0.800. The monoisotopic (exact) mass is 211 g/mol. The third-order valence-electron chi connectivity index (χ3n) is 2.98. The third kappa shape index (κ3) is 2.12. The molecule has 2 heterocycles. The van der Waals surface area contributed by atoms with Crippen molar-refractivity contribution in [2.45, 2.75) is 45.2 Å². The zero-order valence-electron chi connectivity index (χ0n) is 9.19. The number of aromatic amines is 1. The number of aromatic nitrogens is 2. The zero-order valence-corrected chi connectivity index (χ0v) is 9.19. The van der Waals surface area contributed by atoms with Crippen LogP contribution in [0.4, 0.5) is 0 Å². The van der Waals surface area contributed by atoms with Crippen LogP contribution in [0.3, 0.4) is 0 Å². The lowest BCUT2D eigenvalue weighted by molar-refractivity contribution is 0.104. The molecule has 0 spiro atoms. The Labute approximate surface area is 88.5 Å². The number of nitrogens with one attached hydrogen (secondary N) is 1. The number of hydrogen-bond acceptors (Lipinski definition) is 4. The van der Waals surface area contributed by atoms with Crippen LogP contribution in [0.5, 0.6) is 0 Å². The summed E-state index contributed by atoms with van der Waals surface area (Å²) in [6.07, 6.45) is 3.44. The smallest absolute Gasteiger partial charge is 0.296 e. The van der Waals surface area contributed by atoms with Crippen molar-refractivity contribution in [2.75, 3.05) is 6.54 Å². The lowest BCUT2D eigenvalue weighted by Gasteiger charge is -2.36. The van der Waals surface area contributed by atoms with Crippen LogP contribution in [-0.2, 0) is 0 Å². The second-order valence-corrected chi connectivity index (χ2v) is 4.32. The molecule has 1 aliphatic heterocycles. The lowest BCUT2D eigenvalue weighted by Crippen LogP contribution is -2.39. The number of H-pyrrole nitrogens is 1. The summed E-state index contributed by atoms with van der Waals surface area (Å²) in [6, 6.07) is 0.681. The fourth-order valence-electron chi connectivity index (χ4n) is 2.25. The molecule has 1 fully saturated rings. The predicted molar refractivity (Wildman–Crippen MR) is 55.6 cm³/mol. The van der Waals surface area contributed by atoms with Gasteiger partial charge in [-0.05, 0) is 33.2 Å². The highest BCUT2D eigenvalue weighted by molar-refractivity contribution is 4.94. The van der Waals surface area contributed by atoms with Crippen LogP contribution in [0, 0.1) is 0 Å². The van der Waals surface area contributed by atoms with Gasteiger partial charge in [-0.3, -0.25) is 14.4 Å². The van der Waals surface area contributed by atoms with Crippen LogP contribution in [-0.4, -0.2) is 27.6 Å². The average molecular weight is 211 g/mol. The maximum atomic E-state index is 10.9. The zero-order chi connectivity index (χ0) is 10.8. The van der Waals surface area contributed by atoms with E-state index in [-0.39, 0.29) is 6.04 Å². The van der Waals surface area contributed by atoms with E-state index < -0.39 is 5.76 Å². The van der Waals surface area contributed by atoms with Gasteiger partial charge in [-0.15, -0.1) is 0 Å². The molecule has 1 saturated heterocycles. The molecule has 0 amide bonds. The van der Waals surface area contributed by atoms with Crippen molar-refractivity contribution in [2.24, 2.45) is 0 Å². The van der Waals surface area contributed by atoms with Gasteiger partial charge in [0.15, 0.2) is 5.82 Å². The molecular formula is C10H17N3O2. The first-order valence-corrected chi connectivity index (χ1v) is 5.50. The third-order valence-corrected chi connectivity index (χ3v) is 2.98. The second-order valence-electron chi connectivity index (χ2n) is 4.32. The Bertz CT molecular complexity index is 369. The molecule has 1 N–H and O–H groups in total. The number of hydrogen-bond donors (Lipinski definition) is 1. The highest BCUT2D eigenvalue weighted by atomic mass is 16.5. The van der Waals surface area contributed by atoms with Crippen LogP contribution >= 0.6 is 0 Å². The highest BCUT2D eigenvalue weighted by Crippen LogP contribution is 2.29. The Hall–Kier alpha value is -1.10. The van der Waals surface area contributed by atoms with Gasteiger partial charge >= 0.3 is 5.76 Å². The van der Waals surface area contributed by atoms with E-state index in [4.69, 9.17) is 0 Å². The lowest BCUT2D eigenvalue weighted by atomic mass is 10.00. The summed E-state index contributed by atoms with van der Waals surface area (Å²) < 4.78 is 4.56. The molecule has 2 rings (SSSR count). The van der Waals surface area contributed by atoms with Crippen LogP contribution in [0.15, 0.2) is 9.32 Å². The van der Waals surface area contributed by atoms with Crippen molar-refractivity contribution in [3.63, 3.8) is 0 Å². The summed E-state index contributed by atoms with van der Waals surface area (Å²) in [7, 11) is 0. The average Bonchev–Trinajstić information content (AvgIpc) is 2.65. The first-order chi connectivity index (χ1) is 7.18. The SMILES string of the molecule is CC(C)N1CCCCC1c1noc(=O)[nH]1. The van der Waals surface area contributed by atoms with Gasteiger partial charge in [0.05, 0.1) is 6.04 Å². The van der Waals surface area contributed by atoms with Crippen molar-refractivity contribution in [3.8, 4) is 0 Å². The maximum Gasteiger partial charge on any atom is 0.438 e. The minimum atomic E-state index is -0.459. The van der Waals surface area contributed by atoms with Crippen LogP contribution in [0.25, 0.3) is 0 Å². The van der Waals surface area contributed by atoms with Gasteiger partial charge in [-0.2, -0.15) is 0 Å². The van der Waals surface area contributed by atoms with Crippen molar-refractivity contribution in [1.29, 1.82) is 0 Å². The normalized spacial score (nSPS) is 23.5. The van der Waals surface area contributed by atoms with Gasteiger partial charge in [0.1, 0.15) is 0 Å². The molecule has 0 aliphatic carbocycles. The minimum absolute atomic E-state index is 0.213. The van der Waals surface area contributed by atoms with E-state index in [1.807, 2.05) is 0 Å². The van der Waals surface area contributed by atoms with Gasteiger partial charge in [0, 0.05) is 6.04 Å². The van der Waals surface area contributed by atoms with E-state index in [2.05, 4.69) is 33.4 Å². The van der Waals surface area contributed by atoms with E-state index in [0.717, 1.165) is 13.0 Å². The maximum absolute atomic E-state index is 10.9. The van der Waals surface area contributed by atoms with Crippen molar-refractivity contribution in [3.05, 3.63) is 16.4 Å². The first kappa shape index (κ1) is 10.4. The van der Waals surface area contributed by atoms with Gasteiger partial charge in [-0.25, -0.2) is 4.79 Å². The van der Waals surface area contributed by atoms with Crippen LogP contribution in [0.1, 0.15) is 45.0 Å². The molecule has 1 aromatic rings. The van der Waals surface area contributed by atoms with Gasteiger partial charge in [0.25, 0.3) is 0 Å². The van der Waals surface area contributed by atoms with Gasteiger partial charge < -0.3 is 0 Å². The first-order valence-electron chi connectivity index (χ1n) is 5.50. The van der Waals surface area contributed by atoms with Crippen LogP contribution in [0.2, 0.25) is 0 Å². The summed E-state index contributed by atoms with van der Waals surface area (Å²) in [5.41, 5.74) is 0. The number of piperidine rings is 1. The van der Waals surface area contributed by atoms with E-state index in [0.29, 0.717) is 11.9 Å². The summed E-state index contributed by atoms with van der Waals surface area (Å²) in [5, 5.41) is 3.79. The molecule has 1 atom stereocenters. The second kappa shape index (κ2) is 4.18. The molecule has 15 heavy (non-hydrogen) atoms. The molecule has 1 unspecified atom stereocenters. The molecule has 0 aromatic carbocycles. The summed E-state index contributed by atoms with van der Waals surface area (Å²) in [6.45, 7) is 5.39. The van der Waals surface area contributed by atoms with Crippen LogP contribution < -0.4 is 5.76 Å². The molecular weight excluding hydrogens is 194 g/mol. The Morgan fingerprint density at radius 1 is 1.53 bits per heavy atom. The highest BCUT2D eigenvalue weighted by Gasteiger charge is 2.28. The van der Waals surface area contributed by atoms with Gasteiger partial charge in [0.2, 0.25) is 0 Å². The largest absolute Gasteiger partial charge is 0.438 e. The number of likely N-dealkylation sites (tertiary alicyclic amines) is 1. The fraction of sp³-hybridized carbons (Fsp3) is 0.800. The topological polar surface area (TPSA) is 62.1 Å². The molecule has 0 saturated carbocycles. The van der Waals surface area contributed by atoms with Crippen molar-refractivity contribution >= 4 is 0 Å². The Morgan fingerprint density at radius 3 is 2.93 bits per heavy atom. The van der Waals surface area contributed by atoms with Crippen molar-refractivity contribution in [1.82, 2.24) is 15.0 Å². The van der Waals surface area contributed by atoms with E-state index >= 15 is 0 Å². The summed E-state index contributed by atoms with van der Waals surface area (Å²) >= 11 is 0. The molecule has 84 valence electrons. The molecule has 0 radical (unpaired) electrons. The standard InChI is InChI=1S/C10H17N3O2/c1-7(2)13-6-4-3-5-8(13)9-11-10(14)15-12-9/h7-8H,3-6H2,1-2H3,(H,11,12,14).